The number of carbonyl (C=O) groups excluding carboxylic acids is 2. The van der Waals surface area contributed by atoms with Crippen LogP contribution in [0.25, 0.3) is 0 Å². The van der Waals surface area contributed by atoms with Crippen molar-refractivity contribution in [2.75, 3.05) is 14.2 Å². The molecule has 0 aliphatic carbocycles. The van der Waals surface area contributed by atoms with Gasteiger partial charge in [0.1, 0.15) is 5.78 Å². The minimum absolute atomic E-state index is 0.375. The highest BCUT2D eigenvalue weighted by Crippen LogP contribution is 2.01. The van der Waals surface area contributed by atoms with E-state index in [4.69, 9.17) is 0 Å². The second-order valence-electron chi connectivity index (χ2n) is 3.23. The molecule has 0 aliphatic heterocycles. The first-order chi connectivity index (χ1) is 7.47. The molecule has 0 aromatic heterocycles. The highest BCUT2D eigenvalue weighted by molar-refractivity contribution is 5.78. The van der Waals surface area contributed by atoms with Crippen molar-refractivity contribution >= 4 is 11.9 Å². The van der Waals surface area contributed by atoms with Crippen LogP contribution in [-0.2, 0) is 9.53 Å². The summed E-state index contributed by atoms with van der Waals surface area (Å²) < 4.78 is 4.15. The number of Topliss-reactive ketones (excluding diaryl/α,β-unsaturated/α-hetero) is 1. The number of ether oxygens (including phenoxy) is 1. The van der Waals surface area contributed by atoms with Crippen LogP contribution in [0.2, 0.25) is 0 Å². The maximum absolute atomic E-state index is 10.6. The fourth-order valence-corrected chi connectivity index (χ4v) is 0.702. The molecule has 0 atom stereocenters. The molecule has 0 rings (SSSR count). The number of methoxy groups -OCH3 is 1. The van der Waals surface area contributed by atoms with E-state index in [2.05, 4.69) is 23.9 Å². The third-order valence-electron chi connectivity index (χ3n) is 1.42. The van der Waals surface area contributed by atoms with Gasteiger partial charge in [-0.2, -0.15) is 0 Å². The quantitative estimate of drug-likeness (QED) is 0.815. The Hall–Kier alpha value is -1.06. The van der Waals surface area contributed by atoms with Gasteiger partial charge in [-0.15, -0.1) is 0 Å². The number of amides is 1. The monoisotopic (exact) mass is 233 g/mol. The topological polar surface area (TPSA) is 55.4 Å². The van der Waals surface area contributed by atoms with Gasteiger partial charge < -0.3 is 10.1 Å². The molecule has 0 spiro atoms. The van der Waals surface area contributed by atoms with Gasteiger partial charge in [-0.1, -0.05) is 34.6 Å². The summed E-state index contributed by atoms with van der Waals surface area (Å²) in [6.07, 6.45) is 1.03. The first kappa shape index (κ1) is 20.4. The maximum atomic E-state index is 10.6. The van der Waals surface area contributed by atoms with Crippen LogP contribution in [0.1, 0.15) is 47.5 Å². The number of ketones is 1. The molecule has 0 aromatic rings. The van der Waals surface area contributed by atoms with Crippen molar-refractivity contribution in [3.05, 3.63) is 0 Å². The van der Waals surface area contributed by atoms with Crippen LogP contribution in [0.15, 0.2) is 0 Å². The maximum Gasteiger partial charge on any atom is 0.406 e. The van der Waals surface area contributed by atoms with Crippen molar-refractivity contribution in [2.45, 2.75) is 47.5 Å². The fourth-order valence-electron chi connectivity index (χ4n) is 0.702. The average Bonchev–Trinajstić information content (AvgIpc) is 2.30. The lowest BCUT2D eigenvalue weighted by Gasteiger charge is -1.98. The molecule has 0 unspecified atom stereocenters. The largest absolute Gasteiger partial charge is 0.453 e. The van der Waals surface area contributed by atoms with Gasteiger partial charge >= 0.3 is 6.09 Å². The van der Waals surface area contributed by atoms with Gasteiger partial charge in [0.05, 0.1) is 7.11 Å². The van der Waals surface area contributed by atoms with Crippen LogP contribution in [0, 0.1) is 5.92 Å². The number of carbonyl (C=O) groups is 2. The minimum Gasteiger partial charge on any atom is -0.453 e. The van der Waals surface area contributed by atoms with Crippen molar-refractivity contribution < 1.29 is 14.3 Å². The summed E-state index contributed by atoms with van der Waals surface area (Å²) >= 11 is 0. The molecule has 16 heavy (non-hydrogen) atoms. The number of nitrogens with one attached hydrogen (secondary N) is 1. The van der Waals surface area contributed by atoms with Crippen LogP contribution in [0.3, 0.4) is 0 Å². The Morgan fingerprint density at radius 2 is 1.69 bits per heavy atom. The van der Waals surface area contributed by atoms with Crippen molar-refractivity contribution in [1.29, 1.82) is 0 Å². The number of rotatable bonds is 3. The van der Waals surface area contributed by atoms with Crippen LogP contribution >= 0.6 is 0 Å². The molecule has 0 fully saturated rings. The van der Waals surface area contributed by atoms with Crippen molar-refractivity contribution in [1.82, 2.24) is 5.32 Å². The molecule has 0 bridgehead atoms. The van der Waals surface area contributed by atoms with E-state index in [1.807, 2.05) is 20.8 Å². The Kier molecular flexibility index (Phi) is 20.8. The third-order valence-corrected chi connectivity index (χ3v) is 1.42. The minimum atomic E-state index is -0.407. The normalized spacial score (nSPS) is 8.00. The van der Waals surface area contributed by atoms with E-state index in [0.29, 0.717) is 18.1 Å². The van der Waals surface area contributed by atoms with Gasteiger partial charge in [0.2, 0.25) is 0 Å². The van der Waals surface area contributed by atoms with E-state index in [0.717, 1.165) is 6.42 Å². The first-order valence-electron chi connectivity index (χ1n) is 5.75. The Labute approximate surface area is 99.8 Å². The van der Waals surface area contributed by atoms with Crippen LogP contribution in [0.4, 0.5) is 4.79 Å². The highest BCUT2D eigenvalue weighted by Gasteiger charge is 1.99. The molecule has 0 radical (unpaired) electrons. The van der Waals surface area contributed by atoms with E-state index in [1.54, 1.807) is 0 Å². The van der Waals surface area contributed by atoms with Crippen LogP contribution in [-0.4, -0.2) is 26.0 Å². The molecule has 0 saturated heterocycles. The Balaban J connectivity index is -0.000000188. The van der Waals surface area contributed by atoms with E-state index in [-0.39, 0.29) is 0 Å². The van der Waals surface area contributed by atoms with E-state index < -0.39 is 6.09 Å². The summed E-state index contributed by atoms with van der Waals surface area (Å²) in [5, 5.41) is 2.25. The third kappa shape index (κ3) is 23.1. The Morgan fingerprint density at radius 3 is 1.75 bits per heavy atom. The smallest absolute Gasteiger partial charge is 0.406 e. The van der Waals surface area contributed by atoms with Gasteiger partial charge in [-0.25, -0.2) is 4.79 Å². The Bertz CT molecular complexity index is 162. The predicted molar refractivity (Wildman–Crippen MR) is 67.6 cm³/mol. The SMILES string of the molecule is CC.CCC(=O)CC(C)C.CNC(=O)OC. The summed E-state index contributed by atoms with van der Waals surface area (Å²) in [7, 11) is 2.82. The zero-order valence-electron chi connectivity index (χ0n) is 11.7. The summed E-state index contributed by atoms with van der Waals surface area (Å²) in [6.45, 7) is 10.0. The lowest BCUT2D eigenvalue weighted by molar-refractivity contribution is -0.119. The van der Waals surface area contributed by atoms with Crippen LogP contribution in [0.5, 0.6) is 0 Å². The predicted octanol–water partition coefficient (Wildman–Crippen LogP) is 3.01. The lowest BCUT2D eigenvalue weighted by atomic mass is 10.1. The number of hydrogen-bond donors (Lipinski definition) is 1. The molecule has 4 nitrogen and oxygen atoms in total. The molecule has 1 amide bonds. The lowest BCUT2D eigenvalue weighted by Crippen LogP contribution is -2.16. The summed E-state index contributed by atoms with van der Waals surface area (Å²) in [5.41, 5.74) is 0. The van der Waals surface area contributed by atoms with Crippen molar-refractivity contribution in [3.63, 3.8) is 0 Å². The molecule has 4 heteroatoms. The fraction of sp³-hybridized carbons (Fsp3) is 0.833. The standard InChI is InChI=1S/C7H14O.C3H7NO2.C2H6/c1-4-7(8)5-6(2)3;1-4-3(5)6-2;1-2/h6H,4-5H2,1-3H3;1-2H3,(H,4,5);1-2H3. The second-order valence-corrected chi connectivity index (χ2v) is 3.23. The summed E-state index contributed by atoms with van der Waals surface area (Å²) in [6, 6.07) is 0. The highest BCUT2D eigenvalue weighted by atomic mass is 16.5. The zero-order valence-corrected chi connectivity index (χ0v) is 11.7. The van der Waals surface area contributed by atoms with Gasteiger partial charge in [0, 0.05) is 19.9 Å². The molecule has 1 N–H and O–H groups in total. The molecule has 0 aliphatic rings. The van der Waals surface area contributed by atoms with E-state index in [1.165, 1.54) is 14.2 Å². The molecule has 0 saturated carbocycles. The summed E-state index contributed by atoms with van der Waals surface area (Å²) in [5.74, 6) is 0.905. The van der Waals surface area contributed by atoms with E-state index in [9.17, 15) is 9.59 Å². The zero-order chi connectivity index (χ0) is 13.6. The van der Waals surface area contributed by atoms with Gasteiger partial charge in [-0.3, -0.25) is 4.79 Å². The van der Waals surface area contributed by atoms with Gasteiger partial charge in [0.15, 0.2) is 0 Å². The first-order valence-corrected chi connectivity index (χ1v) is 5.75. The van der Waals surface area contributed by atoms with Gasteiger partial charge in [0.25, 0.3) is 0 Å². The van der Waals surface area contributed by atoms with Gasteiger partial charge in [-0.05, 0) is 5.92 Å². The molecular weight excluding hydrogens is 206 g/mol. The van der Waals surface area contributed by atoms with Crippen molar-refractivity contribution in [2.24, 2.45) is 5.92 Å². The number of hydrogen-bond acceptors (Lipinski definition) is 3. The average molecular weight is 233 g/mol. The van der Waals surface area contributed by atoms with Crippen molar-refractivity contribution in [3.8, 4) is 0 Å². The molecule has 0 heterocycles. The summed E-state index contributed by atoms with van der Waals surface area (Å²) in [4.78, 5) is 20.5. The number of alkyl carbamates (subject to hydrolysis) is 1. The second kappa shape index (κ2) is 16.4. The molecular formula is C12H27NO3. The van der Waals surface area contributed by atoms with E-state index >= 15 is 0 Å². The molecule has 98 valence electrons. The Morgan fingerprint density at radius 1 is 1.25 bits per heavy atom. The molecule has 0 aromatic carbocycles. The van der Waals surface area contributed by atoms with Crippen LogP contribution < -0.4 is 5.32 Å².